The smallest absolute Gasteiger partial charge is 0.164 e. The Morgan fingerprint density at radius 1 is 1.15 bits per heavy atom. The van der Waals surface area contributed by atoms with Crippen LogP contribution in [0, 0.1) is 5.82 Å². The predicted molar refractivity (Wildman–Crippen MR) is 48.9 cm³/mol. The van der Waals surface area contributed by atoms with Crippen LogP contribution in [0.25, 0.3) is 0 Å². The largest absolute Gasteiger partial charge is 0.262 e. The third-order valence-electron chi connectivity index (χ3n) is 1.79. The Bertz CT molecular complexity index is 340. The van der Waals surface area contributed by atoms with Gasteiger partial charge in [0.2, 0.25) is 0 Å². The lowest BCUT2D eigenvalue weighted by molar-refractivity contribution is 0.615. The molecule has 65 valence electrons. The summed E-state index contributed by atoms with van der Waals surface area (Å²) in [6.07, 6.45) is 4.95. The molecule has 0 aromatic heterocycles. The number of halogens is 1. The van der Waals surface area contributed by atoms with E-state index in [2.05, 4.69) is 10.3 Å². The van der Waals surface area contributed by atoms with E-state index < -0.39 is 0 Å². The molecule has 3 heteroatoms. The zero-order valence-electron chi connectivity index (χ0n) is 6.89. The molecule has 0 saturated heterocycles. The van der Waals surface area contributed by atoms with Crippen molar-refractivity contribution in [1.29, 1.82) is 0 Å². The van der Waals surface area contributed by atoms with Gasteiger partial charge in [0.1, 0.15) is 5.82 Å². The zero-order chi connectivity index (χ0) is 9.10. The molecule has 1 aliphatic rings. The highest BCUT2D eigenvalue weighted by molar-refractivity contribution is 5.72. The summed E-state index contributed by atoms with van der Waals surface area (Å²) in [4.78, 5) is 4.13. The highest BCUT2D eigenvalue weighted by Gasteiger charge is 2.09. The van der Waals surface area contributed by atoms with Gasteiger partial charge in [-0.1, -0.05) is 12.1 Å². The van der Waals surface area contributed by atoms with Crippen molar-refractivity contribution in [1.82, 2.24) is 5.32 Å². The second-order valence-electron chi connectivity index (χ2n) is 2.71. The van der Waals surface area contributed by atoms with Crippen LogP contribution < -0.4 is 5.32 Å². The van der Waals surface area contributed by atoms with Crippen LogP contribution in [0.15, 0.2) is 41.5 Å². The number of nitrogens with zero attached hydrogens (tertiary/aromatic N) is 2. The monoisotopic (exact) mass is 175 g/mol. The molecule has 0 amide bonds. The van der Waals surface area contributed by atoms with E-state index in [0.29, 0.717) is 0 Å². The summed E-state index contributed by atoms with van der Waals surface area (Å²) < 4.78 is 12.6. The molecule has 1 unspecified atom stereocenters. The molecule has 1 aromatic carbocycles. The molecule has 2 nitrogen and oxygen atoms in total. The maximum Gasteiger partial charge on any atom is 0.164 e. The summed E-state index contributed by atoms with van der Waals surface area (Å²) in [5.41, 5.74) is 0.905. The molecular formula is C10H8FN2. The third-order valence-corrected chi connectivity index (χ3v) is 1.79. The van der Waals surface area contributed by atoms with Crippen molar-refractivity contribution >= 4 is 6.21 Å². The lowest BCUT2D eigenvalue weighted by Crippen LogP contribution is -2.09. The minimum Gasteiger partial charge on any atom is -0.262 e. The van der Waals surface area contributed by atoms with Gasteiger partial charge in [-0.25, -0.2) is 4.39 Å². The zero-order valence-corrected chi connectivity index (χ0v) is 6.89. The molecule has 0 bridgehead atoms. The fourth-order valence-electron chi connectivity index (χ4n) is 1.15. The van der Waals surface area contributed by atoms with E-state index in [1.807, 2.05) is 0 Å². The first-order chi connectivity index (χ1) is 6.36. The lowest BCUT2D eigenvalue weighted by atomic mass is 10.1. The Kier molecular flexibility index (Phi) is 2.08. The fourth-order valence-corrected chi connectivity index (χ4v) is 1.15. The van der Waals surface area contributed by atoms with Crippen LogP contribution in [0.5, 0.6) is 0 Å². The summed E-state index contributed by atoms with van der Waals surface area (Å²) >= 11 is 0. The SMILES string of the molecule is Fc1ccc(C2[N]C=CC=N2)cc1. The Hall–Kier alpha value is -1.64. The van der Waals surface area contributed by atoms with E-state index in [1.165, 1.54) is 12.1 Å². The highest BCUT2D eigenvalue weighted by atomic mass is 19.1. The van der Waals surface area contributed by atoms with Gasteiger partial charge in [-0.3, -0.25) is 10.3 Å². The van der Waals surface area contributed by atoms with Crippen molar-refractivity contribution in [2.45, 2.75) is 6.17 Å². The van der Waals surface area contributed by atoms with Gasteiger partial charge in [0, 0.05) is 12.4 Å². The van der Waals surface area contributed by atoms with Crippen LogP contribution in [0.1, 0.15) is 11.7 Å². The molecule has 0 saturated carbocycles. The van der Waals surface area contributed by atoms with Gasteiger partial charge < -0.3 is 0 Å². The van der Waals surface area contributed by atoms with Crippen LogP contribution in [-0.4, -0.2) is 6.21 Å². The highest BCUT2D eigenvalue weighted by Crippen LogP contribution is 2.17. The maximum absolute atomic E-state index is 12.6. The van der Waals surface area contributed by atoms with E-state index in [0.717, 1.165) is 5.56 Å². The molecular weight excluding hydrogens is 167 g/mol. The summed E-state index contributed by atoms with van der Waals surface area (Å²) in [6.45, 7) is 0. The molecule has 1 aliphatic heterocycles. The maximum atomic E-state index is 12.6. The van der Waals surface area contributed by atoms with Crippen LogP contribution in [0.3, 0.4) is 0 Å². The van der Waals surface area contributed by atoms with Crippen molar-refractivity contribution in [3.63, 3.8) is 0 Å². The molecule has 0 spiro atoms. The van der Waals surface area contributed by atoms with Crippen LogP contribution in [0.4, 0.5) is 4.39 Å². The molecule has 1 atom stereocenters. The molecule has 0 N–H and O–H groups in total. The minimum absolute atomic E-state index is 0.203. The average molecular weight is 175 g/mol. The first-order valence-corrected chi connectivity index (χ1v) is 4.00. The summed E-state index contributed by atoms with van der Waals surface area (Å²) in [6, 6.07) is 6.22. The van der Waals surface area contributed by atoms with Crippen molar-refractivity contribution in [2.75, 3.05) is 0 Å². The second kappa shape index (κ2) is 3.39. The molecule has 0 fully saturated rings. The molecule has 2 rings (SSSR count). The van der Waals surface area contributed by atoms with Gasteiger partial charge >= 0.3 is 0 Å². The van der Waals surface area contributed by atoms with Crippen molar-refractivity contribution < 1.29 is 4.39 Å². The fraction of sp³-hybridized carbons (Fsp3) is 0.100. The van der Waals surface area contributed by atoms with E-state index in [4.69, 9.17) is 0 Å². The Morgan fingerprint density at radius 3 is 2.54 bits per heavy atom. The average Bonchev–Trinajstić information content (AvgIpc) is 2.20. The number of benzene rings is 1. The number of hydrogen-bond acceptors (Lipinski definition) is 1. The second-order valence-corrected chi connectivity index (χ2v) is 2.71. The topological polar surface area (TPSA) is 26.5 Å². The third kappa shape index (κ3) is 1.75. The predicted octanol–water partition coefficient (Wildman–Crippen LogP) is 2.03. The van der Waals surface area contributed by atoms with Gasteiger partial charge in [0.25, 0.3) is 0 Å². The Labute approximate surface area is 75.8 Å². The summed E-state index contributed by atoms with van der Waals surface area (Å²) in [5, 5.41) is 4.13. The Morgan fingerprint density at radius 2 is 1.92 bits per heavy atom. The van der Waals surface area contributed by atoms with Gasteiger partial charge in [0.05, 0.1) is 0 Å². The summed E-state index contributed by atoms with van der Waals surface area (Å²) in [5.74, 6) is -0.237. The minimum atomic E-state index is -0.237. The van der Waals surface area contributed by atoms with Crippen molar-refractivity contribution in [3.8, 4) is 0 Å². The summed E-state index contributed by atoms with van der Waals surface area (Å²) in [7, 11) is 0. The van der Waals surface area contributed by atoms with Crippen LogP contribution in [-0.2, 0) is 0 Å². The van der Waals surface area contributed by atoms with Gasteiger partial charge in [0.15, 0.2) is 6.17 Å². The normalized spacial score (nSPS) is 19.9. The lowest BCUT2D eigenvalue weighted by Gasteiger charge is -2.12. The van der Waals surface area contributed by atoms with E-state index in [1.54, 1.807) is 30.6 Å². The molecule has 13 heavy (non-hydrogen) atoms. The standard InChI is InChI=1S/C10H8FN2/c11-9-4-2-8(3-5-9)10-12-6-1-7-13-10/h1-7,10H. The van der Waals surface area contributed by atoms with Crippen molar-refractivity contribution in [2.24, 2.45) is 4.99 Å². The molecule has 0 aliphatic carbocycles. The molecule has 1 aromatic rings. The van der Waals surface area contributed by atoms with Crippen molar-refractivity contribution in [3.05, 3.63) is 47.9 Å². The number of allylic oxidation sites excluding steroid dienone is 1. The van der Waals surface area contributed by atoms with E-state index >= 15 is 0 Å². The van der Waals surface area contributed by atoms with E-state index in [9.17, 15) is 4.39 Å². The number of rotatable bonds is 1. The van der Waals surface area contributed by atoms with Gasteiger partial charge in [-0.05, 0) is 23.8 Å². The van der Waals surface area contributed by atoms with Crippen LogP contribution in [0.2, 0.25) is 0 Å². The van der Waals surface area contributed by atoms with Gasteiger partial charge in [-0.15, -0.1) is 0 Å². The molecule has 1 heterocycles. The first-order valence-electron chi connectivity index (χ1n) is 4.00. The Balaban J connectivity index is 2.21. The quantitative estimate of drug-likeness (QED) is 0.624. The van der Waals surface area contributed by atoms with Gasteiger partial charge in [-0.2, -0.15) is 0 Å². The molecule has 1 radical (unpaired) electrons. The van der Waals surface area contributed by atoms with Crippen LogP contribution >= 0.6 is 0 Å². The van der Waals surface area contributed by atoms with E-state index in [-0.39, 0.29) is 12.0 Å². The number of hydrogen-bond donors (Lipinski definition) is 0. The first kappa shape index (κ1) is 7.98. The number of aliphatic imine (C=N–C) groups is 1.